The predicted molar refractivity (Wildman–Crippen MR) is 87.8 cm³/mol. The predicted octanol–water partition coefficient (Wildman–Crippen LogP) is 4.25. The third-order valence-electron chi connectivity index (χ3n) is 4.75. The highest BCUT2D eigenvalue weighted by atomic mass is 35.5. The van der Waals surface area contributed by atoms with Gasteiger partial charge in [-0.3, -0.25) is 0 Å². The van der Waals surface area contributed by atoms with E-state index in [0.717, 1.165) is 18.4 Å². The Kier molecular flexibility index (Phi) is 5.05. The lowest BCUT2D eigenvalue weighted by Gasteiger charge is -2.33. The van der Waals surface area contributed by atoms with Gasteiger partial charge >= 0.3 is 0 Å². The summed E-state index contributed by atoms with van der Waals surface area (Å²) in [5.41, 5.74) is 8.60. The summed E-state index contributed by atoms with van der Waals surface area (Å²) in [6, 6.07) is 2.10. The van der Waals surface area contributed by atoms with Crippen molar-refractivity contribution in [3.63, 3.8) is 0 Å². The first-order valence-corrected chi connectivity index (χ1v) is 8.03. The first-order valence-electron chi connectivity index (χ1n) is 7.65. The van der Waals surface area contributed by atoms with Crippen LogP contribution in [0.4, 0.5) is 0 Å². The molecule has 0 aliphatic heterocycles. The van der Waals surface area contributed by atoms with Gasteiger partial charge in [-0.05, 0) is 36.0 Å². The third-order valence-corrected chi connectivity index (χ3v) is 5.12. The van der Waals surface area contributed by atoms with Gasteiger partial charge in [0.2, 0.25) is 0 Å². The SMILES string of the molecule is COc1cc(C2(CN)CCCC2)c(C(C)C)c(Cl)c1OC. The van der Waals surface area contributed by atoms with Gasteiger partial charge in [-0.25, -0.2) is 0 Å². The molecule has 2 N–H and O–H groups in total. The molecule has 1 saturated carbocycles. The summed E-state index contributed by atoms with van der Waals surface area (Å²) in [6.07, 6.45) is 4.69. The van der Waals surface area contributed by atoms with E-state index in [0.29, 0.717) is 29.0 Å². The van der Waals surface area contributed by atoms with Gasteiger partial charge in [-0.15, -0.1) is 0 Å². The second kappa shape index (κ2) is 6.45. The molecule has 1 aliphatic rings. The molecule has 1 aromatic carbocycles. The van der Waals surface area contributed by atoms with E-state index in [-0.39, 0.29) is 5.41 Å². The second-order valence-electron chi connectivity index (χ2n) is 6.23. The molecule has 0 aromatic heterocycles. The van der Waals surface area contributed by atoms with Crippen molar-refractivity contribution in [3.05, 3.63) is 22.2 Å². The molecule has 0 heterocycles. The highest BCUT2D eigenvalue weighted by Gasteiger charge is 2.38. The molecule has 0 unspecified atom stereocenters. The van der Waals surface area contributed by atoms with Crippen LogP contribution in [-0.2, 0) is 5.41 Å². The van der Waals surface area contributed by atoms with Gasteiger partial charge in [0.25, 0.3) is 0 Å². The summed E-state index contributed by atoms with van der Waals surface area (Å²) in [5.74, 6) is 1.63. The maximum Gasteiger partial charge on any atom is 0.179 e. The highest BCUT2D eigenvalue weighted by molar-refractivity contribution is 6.33. The van der Waals surface area contributed by atoms with E-state index in [1.807, 2.05) is 0 Å². The monoisotopic (exact) mass is 311 g/mol. The molecule has 0 saturated heterocycles. The normalized spacial score (nSPS) is 17.3. The third kappa shape index (κ3) is 2.74. The van der Waals surface area contributed by atoms with Crippen molar-refractivity contribution in [1.29, 1.82) is 0 Å². The molecule has 1 aliphatic carbocycles. The zero-order valence-corrected chi connectivity index (χ0v) is 14.2. The van der Waals surface area contributed by atoms with Gasteiger partial charge in [0.15, 0.2) is 11.5 Å². The largest absolute Gasteiger partial charge is 0.493 e. The number of hydrogen-bond donors (Lipinski definition) is 1. The topological polar surface area (TPSA) is 44.5 Å². The summed E-state index contributed by atoms with van der Waals surface area (Å²) in [4.78, 5) is 0. The smallest absolute Gasteiger partial charge is 0.179 e. The molecule has 1 fully saturated rings. The van der Waals surface area contributed by atoms with Crippen molar-refractivity contribution in [3.8, 4) is 11.5 Å². The molecule has 2 rings (SSSR count). The highest BCUT2D eigenvalue weighted by Crippen LogP contribution is 2.50. The van der Waals surface area contributed by atoms with E-state index in [2.05, 4.69) is 19.9 Å². The van der Waals surface area contributed by atoms with Crippen molar-refractivity contribution < 1.29 is 9.47 Å². The maximum atomic E-state index is 6.64. The fraction of sp³-hybridized carbons (Fsp3) is 0.647. The first-order chi connectivity index (χ1) is 10.0. The van der Waals surface area contributed by atoms with Gasteiger partial charge in [-0.2, -0.15) is 0 Å². The van der Waals surface area contributed by atoms with Gasteiger partial charge in [0.1, 0.15) is 0 Å². The van der Waals surface area contributed by atoms with E-state index in [1.54, 1.807) is 14.2 Å². The summed E-state index contributed by atoms with van der Waals surface area (Å²) in [6.45, 7) is 4.98. The van der Waals surface area contributed by atoms with Crippen molar-refractivity contribution in [1.82, 2.24) is 0 Å². The van der Waals surface area contributed by atoms with Gasteiger partial charge in [-0.1, -0.05) is 38.3 Å². The van der Waals surface area contributed by atoms with Crippen LogP contribution >= 0.6 is 11.6 Å². The van der Waals surface area contributed by atoms with Crippen molar-refractivity contribution >= 4 is 11.6 Å². The Balaban J connectivity index is 2.71. The average Bonchev–Trinajstić information content (AvgIpc) is 2.95. The van der Waals surface area contributed by atoms with Crippen LogP contribution < -0.4 is 15.2 Å². The lowest BCUT2D eigenvalue weighted by Crippen LogP contribution is -2.33. The van der Waals surface area contributed by atoms with Crippen LogP contribution in [-0.4, -0.2) is 20.8 Å². The fourth-order valence-electron chi connectivity index (χ4n) is 3.60. The van der Waals surface area contributed by atoms with Crippen LogP contribution in [0.1, 0.15) is 56.6 Å². The maximum absolute atomic E-state index is 6.64. The molecule has 3 nitrogen and oxygen atoms in total. The summed E-state index contributed by atoms with van der Waals surface area (Å²) in [7, 11) is 3.28. The molecule has 4 heteroatoms. The van der Waals surface area contributed by atoms with E-state index in [1.165, 1.54) is 18.4 Å². The standard InChI is InChI=1S/C17H26ClNO2/c1-11(2)14-12(17(10-19)7-5-6-8-17)9-13(20-3)16(21-4)15(14)18/h9,11H,5-8,10,19H2,1-4H3. The number of methoxy groups -OCH3 is 2. The van der Waals surface area contributed by atoms with Crippen LogP contribution in [0.5, 0.6) is 11.5 Å². The Morgan fingerprint density at radius 3 is 2.29 bits per heavy atom. The number of nitrogens with two attached hydrogens (primary N) is 1. The Morgan fingerprint density at radius 2 is 1.86 bits per heavy atom. The van der Waals surface area contributed by atoms with E-state index >= 15 is 0 Å². The Bertz CT molecular complexity index is 508. The van der Waals surface area contributed by atoms with Crippen LogP contribution in [0.15, 0.2) is 6.07 Å². The van der Waals surface area contributed by atoms with Crippen LogP contribution in [0.3, 0.4) is 0 Å². The first kappa shape index (κ1) is 16.4. The van der Waals surface area contributed by atoms with Crippen LogP contribution in [0, 0.1) is 0 Å². The number of rotatable bonds is 5. The molecule has 0 amide bonds. The molecule has 0 bridgehead atoms. The van der Waals surface area contributed by atoms with Crippen molar-refractivity contribution in [2.75, 3.05) is 20.8 Å². The minimum absolute atomic E-state index is 0.0306. The van der Waals surface area contributed by atoms with Gasteiger partial charge in [0.05, 0.1) is 19.2 Å². The molecule has 0 atom stereocenters. The summed E-state index contributed by atoms with van der Waals surface area (Å²) >= 11 is 6.64. The van der Waals surface area contributed by atoms with E-state index in [9.17, 15) is 0 Å². The Hall–Kier alpha value is -0.930. The molecular formula is C17H26ClNO2. The number of halogens is 1. The lowest BCUT2D eigenvalue weighted by molar-refractivity contribution is 0.351. The second-order valence-corrected chi connectivity index (χ2v) is 6.61. The van der Waals surface area contributed by atoms with E-state index in [4.69, 9.17) is 26.8 Å². The average molecular weight is 312 g/mol. The van der Waals surface area contributed by atoms with Crippen LogP contribution in [0.2, 0.25) is 5.02 Å². The molecule has 0 radical (unpaired) electrons. The quantitative estimate of drug-likeness (QED) is 0.884. The Morgan fingerprint density at radius 1 is 1.24 bits per heavy atom. The number of benzene rings is 1. The van der Waals surface area contributed by atoms with Gasteiger partial charge < -0.3 is 15.2 Å². The molecule has 1 aromatic rings. The van der Waals surface area contributed by atoms with Crippen LogP contribution in [0.25, 0.3) is 0 Å². The molecule has 21 heavy (non-hydrogen) atoms. The lowest BCUT2D eigenvalue weighted by atomic mass is 9.74. The minimum atomic E-state index is 0.0306. The van der Waals surface area contributed by atoms with E-state index < -0.39 is 0 Å². The molecule has 0 spiro atoms. The molecular weight excluding hydrogens is 286 g/mol. The van der Waals surface area contributed by atoms with Gasteiger partial charge in [0, 0.05) is 12.0 Å². The number of ether oxygens (including phenoxy) is 2. The van der Waals surface area contributed by atoms with Crippen molar-refractivity contribution in [2.45, 2.75) is 50.9 Å². The molecule has 118 valence electrons. The van der Waals surface area contributed by atoms with Crippen molar-refractivity contribution in [2.24, 2.45) is 5.73 Å². The summed E-state index contributed by atoms with van der Waals surface area (Å²) in [5, 5.41) is 0.668. The number of hydrogen-bond acceptors (Lipinski definition) is 3. The Labute approximate surface area is 132 Å². The zero-order chi connectivity index (χ0) is 15.6. The fourth-order valence-corrected chi connectivity index (χ4v) is 4.09. The zero-order valence-electron chi connectivity index (χ0n) is 13.5. The minimum Gasteiger partial charge on any atom is -0.493 e. The summed E-state index contributed by atoms with van der Waals surface area (Å²) < 4.78 is 10.9.